The summed E-state index contributed by atoms with van der Waals surface area (Å²) in [6.07, 6.45) is 2.25. The molecule has 0 aromatic heterocycles. The number of aliphatic hydroxyl groups is 1. The topological polar surface area (TPSA) is 77.8 Å². The molecule has 1 aliphatic carbocycles. The molecule has 0 aromatic carbocycles. The van der Waals surface area contributed by atoms with Crippen LogP contribution in [0.25, 0.3) is 0 Å². The summed E-state index contributed by atoms with van der Waals surface area (Å²) in [5, 5.41) is 18.4. The van der Waals surface area contributed by atoms with Gasteiger partial charge in [-0.15, -0.1) is 0 Å². The van der Waals surface area contributed by atoms with Crippen molar-refractivity contribution in [3.05, 3.63) is 0 Å². The number of aliphatic hydroxyl groups excluding tert-OH is 1. The van der Waals surface area contributed by atoms with Crippen molar-refractivity contribution >= 4 is 11.9 Å². The molecular weight excluding hydrogens is 210 g/mol. The standard InChI is InChI=1S/C11H17NO4/c13-7-4-5-12(6-7)10(14)8-2-1-3-9(8)11(15)16/h7-9,13H,1-6H2,(H,15,16)/t7-,8-,9+/m1/s1. The predicted octanol–water partition coefficient (Wildman–Crippen LogP) is 0.0805. The fraction of sp³-hybridized carbons (Fsp3) is 0.818. The molecule has 1 saturated carbocycles. The molecule has 2 N–H and O–H groups in total. The number of likely N-dealkylation sites (tertiary alicyclic amines) is 1. The van der Waals surface area contributed by atoms with Gasteiger partial charge in [0.2, 0.25) is 5.91 Å². The third-order valence-corrected chi connectivity index (χ3v) is 3.63. The number of hydrogen-bond acceptors (Lipinski definition) is 3. The maximum Gasteiger partial charge on any atom is 0.307 e. The lowest BCUT2D eigenvalue weighted by atomic mass is 9.95. The van der Waals surface area contributed by atoms with E-state index in [9.17, 15) is 14.7 Å². The van der Waals surface area contributed by atoms with Crippen LogP contribution in [0.2, 0.25) is 0 Å². The molecule has 16 heavy (non-hydrogen) atoms. The number of carbonyl (C=O) groups excluding carboxylic acids is 1. The van der Waals surface area contributed by atoms with Crippen molar-refractivity contribution in [2.24, 2.45) is 11.8 Å². The van der Waals surface area contributed by atoms with E-state index in [0.29, 0.717) is 32.4 Å². The Kier molecular flexibility index (Phi) is 3.14. The van der Waals surface area contributed by atoms with Gasteiger partial charge in [0.15, 0.2) is 0 Å². The van der Waals surface area contributed by atoms with Crippen molar-refractivity contribution in [2.75, 3.05) is 13.1 Å². The molecule has 0 radical (unpaired) electrons. The summed E-state index contributed by atoms with van der Waals surface area (Å²) in [5.74, 6) is -1.84. The summed E-state index contributed by atoms with van der Waals surface area (Å²) >= 11 is 0. The number of rotatable bonds is 2. The third-order valence-electron chi connectivity index (χ3n) is 3.63. The number of aliphatic carboxylic acids is 1. The molecule has 90 valence electrons. The molecule has 2 aliphatic rings. The second-order valence-corrected chi connectivity index (χ2v) is 4.71. The van der Waals surface area contributed by atoms with Gasteiger partial charge in [-0.3, -0.25) is 9.59 Å². The molecule has 3 atom stereocenters. The van der Waals surface area contributed by atoms with Crippen LogP contribution in [0.1, 0.15) is 25.7 Å². The Morgan fingerprint density at radius 3 is 2.38 bits per heavy atom. The number of β-amino-alcohol motifs (C(OH)–C–C–N with tert-alkyl or cyclic N) is 1. The van der Waals surface area contributed by atoms with Crippen LogP contribution in [-0.4, -0.2) is 46.2 Å². The van der Waals surface area contributed by atoms with Crippen LogP contribution in [0.4, 0.5) is 0 Å². The zero-order chi connectivity index (χ0) is 11.7. The predicted molar refractivity (Wildman–Crippen MR) is 55.7 cm³/mol. The van der Waals surface area contributed by atoms with Crippen molar-refractivity contribution in [2.45, 2.75) is 31.8 Å². The Hall–Kier alpha value is -1.10. The van der Waals surface area contributed by atoms with Crippen LogP contribution in [0.3, 0.4) is 0 Å². The molecule has 1 heterocycles. The first-order valence-corrected chi connectivity index (χ1v) is 5.79. The Morgan fingerprint density at radius 1 is 1.12 bits per heavy atom. The molecule has 2 rings (SSSR count). The van der Waals surface area contributed by atoms with Crippen LogP contribution < -0.4 is 0 Å². The molecule has 0 unspecified atom stereocenters. The summed E-state index contributed by atoms with van der Waals surface area (Å²) < 4.78 is 0. The zero-order valence-corrected chi connectivity index (χ0v) is 9.13. The Morgan fingerprint density at radius 2 is 1.81 bits per heavy atom. The first-order chi connectivity index (χ1) is 7.59. The average Bonchev–Trinajstić information content (AvgIpc) is 2.84. The van der Waals surface area contributed by atoms with Gasteiger partial charge in [0, 0.05) is 13.1 Å². The van der Waals surface area contributed by atoms with Crippen LogP contribution in [0, 0.1) is 11.8 Å². The smallest absolute Gasteiger partial charge is 0.307 e. The van der Waals surface area contributed by atoms with E-state index in [1.807, 2.05) is 0 Å². The lowest BCUT2D eigenvalue weighted by molar-refractivity contribution is -0.148. The Labute approximate surface area is 94.0 Å². The van der Waals surface area contributed by atoms with Gasteiger partial charge in [-0.1, -0.05) is 6.42 Å². The highest BCUT2D eigenvalue weighted by atomic mass is 16.4. The molecule has 1 aliphatic heterocycles. The quantitative estimate of drug-likeness (QED) is 0.700. The summed E-state index contributed by atoms with van der Waals surface area (Å²) in [5.41, 5.74) is 0. The van der Waals surface area contributed by atoms with Gasteiger partial charge < -0.3 is 15.1 Å². The van der Waals surface area contributed by atoms with E-state index < -0.39 is 18.0 Å². The SMILES string of the molecule is O=C(O)[C@H]1CCC[C@H]1C(=O)N1CC[C@@H](O)C1. The largest absolute Gasteiger partial charge is 0.481 e. The molecule has 0 aromatic rings. The second kappa shape index (κ2) is 4.41. The van der Waals surface area contributed by atoms with E-state index in [2.05, 4.69) is 0 Å². The third kappa shape index (κ3) is 2.04. The normalized spacial score (nSPS) is 34.3. The molecule has 5 heteroatoms. The van der Waals surface area contributed by atoms with E-state index >= 15 is 0 Å². The van der Waals surface area contributed by atoms with Gasteiger partial charge >= 0.3 is 5.97 Å². The van der Waals surface area contributed by atoms with Gasteiger partial charge in [0.1, 0.15) is 0 Å². The van der Waals surface area contributed by atoms with Crippen molar-refractivity contribution in [1.82, 2.24) is 4.90 Å². The summed E-state index contributed by atoms with van der Waals surface area (Å²) in [6, 6.07) is 0. The maximum atomic E-state index is 12.1. The maximum absolute atomic E-state index is 12.1. The summed E-state index contributed by atoms with van der Waals surface area (Å²) in [7, 11) is 0. The minimum atomic E-state index is -0.865. The van der Waals surface area contributed by atoms with E-state index in [4.69, 9.17) is 5.11 Å². The number of nitrogens with zero attached hydrogens (tertiary/aromatic N) is 1. The van der Waals surface area contributed by atoms with Crippen LogP contribution in [0.15, 0.2) is 0 Å². The van der Waals surface area contributed by atoms with Gasteiger partial charge in [0.05, 0.1) is 17.9 Å². The van der Waals surface area contributed by atoms with Gasteiger partial charge in [-0.25, -0.2) is 0 Å². The molecule has 1 amide bonds. The fourth-order valence-electron chi connectivity index (χ4n) is 2.73. The minimum Gasteiger partial charge on any atom is -0.481 e. The fourth-order valence-corrected chi connectivity index (χ4v) is 2.73. The van der Waals surface area contributed by atoms with Gasteiger partial charge in [-0.05, 0) is 19.3 Å². The number of hydrogen-bond donors (Lipinski definition) is 2. The van der Waals surface area contributed by atoms with Crippen LogP contribution >= 0.6 is 0 Å². The molecule has 5 nitrogen and oxygen atoms in total. The summed E-state index contributed by atoms with van der Waals surface area (Å²) in [6.45, 7) is 0.921. The van der Waals surface area contributed by atoms with Crippen molar-refractivity contribution < 1.29 is 19.8 Å². The lowest BCUT2D eigenvalue weighted by Crippen LogP contribution is -2.38. The molecule has 1 saturated heterocycles. The first kappa shape index (κ1) is 11.4. The van der Waals surface area contributed by atoms with Crippen LogP contribution in [-0.2, 0) is 9.59 Å². The highest BCUT2D eigenvalue weighted by molar-refractivity contribution is 5.85. The number of carboxylic acids is 1. The number of amides is 1. The van der Waals surface area contributed by atoms with Gasteiger partial charge in [-0.2, -0.15) is 0 Å². The minimum absolute atomic E-state index is 0.0820. The van der Waals surface area contributed by atoms with Crippen molar-refractivity contribution in [1.29, 1.82) is 0 Å². The first-order valence-electron chi connectivity index (χ1n) is 5.79. The number of carboxylic acid groups (broad SMARTS) is 1. The highest BCUT2D eigenvalue weighted by Crippen LogP contribution is 2.34. The monoisotopic (exact) mass is 227 g/mol. The number of carbonyl (C=O) groups is 2. The molecule has 0 bridgehead atoms. The lowest BCUT2D eigenvalue weighted by Gasteiger charge is -2.22. The summed E-state index contributed by atoms with van der Waals surface area (Å²) in [4.78, 5) is 24.6. The molecular formula is C11H17NO4. The van der Waals surface area contributed by atoms with Gasteiger partial charge in [0.25, 0.3) is 0 Å². The van der Waals surface area contributed by atoms with E-state index in [0.717, 1.165) is 6.42 Å². The zero-order valence-electron chi connectivity index (χ0n) is 9.13. The highest BCUT2D eigenvalue weighted by Gasteiger charge is 2.40. The molecule has 0 spiro atoms. The Balaban J connectivity index is 2.01. The van der Waals surface area contributed by atoms with Crippen LogP contribution in [0.5, 0.6) is 0 Å². The van der Waals surface area contributed by atoms with Crippen molar-refractivity contribution in [3.63, 3.8) is 0 Å². The second-order valence-electron chi connectivity index (χ2n) is 4.71. The van der Waals surface area contributed by atoms with Crippen molar-refractivity contribution in [3.8, 4) is 0 Å². The van der Waals surface area contributed by atoms with E-state index in [-0.39, 0.29) is 11.8 Å². The van der Waals surface area contributed by atoms with E-state index in [1.54, 1.807) is 4.90 Å². The Bertz CT molecular complexity index is 304. The average molecular weight is 227 g/mol. The molecule has 2 fully saturated rings. The van der Waals surface area contributed by atoms with E-state index in [1.165, 1.54) is 0 Å².